The molecule has 0 aliphatic carbocycles. The van der Waals surface area contributed by atoms with E-state index in [1.54, 1.807) is 12.1 Å². The van der Waals surface area contributed by atoms with Gasteiger partial charge in [0.05, 0.1) is 0 Å². The second-order valence-corrected chi connectivity index (χ2v) is 10.0. The van der Waals surface area contributed by atoms with Crippen LogP contribution in [0.5, 0.6) is 5.75 Å². The van der Waals surface area contributed by atoms with Crippen LogP contribution in [0, 0.1) is 17.0 Å². The lowest BCUT2D eigenvalue weighted by Gasteiger charge is -2.15. The Labute approximate surface area is 140 Å². The van der Waals surface area contributed by atoms with E-state index in [1.165, 1.54) is 6.07 Å². The Morgan fingerprint density at radius 1 is 1.04 bits per heavy atom. The van der Waals surface area contributed by atoms with Crippen LogP contribution in [-0.2, 0) is 13.0 Å². The molecule has 0 saturated heterocycles. The first-order valence-corrected chi connectivity index (χ1v) is 10.4. The molecule has 0 bridgehead atoms. The maximum atomic E-state index is 13.5. The zero-order valence-electron chi connectivity index (χ0n) is 13.9. The molecule has 0 spiro atoms. The number of hydrogen-bond acceptors (Lipinski definition) is 1. The zero-order chi connectivity index (χ0) is 16.7. The third-order valence-electron chi connectivity index (χ3n) is 3.16. The third-order valence-corrected chi connectivity index (χ3v) is 3.91. The summed E-state index contributed by atoms with van der Waals surface area (Å²) in [6.07, 6.45) is 7.91. The van der Waals surface area contributed by atoms with Crippen molar-refractivity contribution in [2.45, 2.75) is 19.4 Å². The summed E-state index contributed by atoms with van der Waals surface area (Å²) < 4.78 is 19.4. The van der Waals surface area contributed by atoms with Gasteiger partial charge in [0.25, 0.3) is 0 Å². The highest BCUT2D eigenvalue weighted by Gasteiger charge is 2.06. The minimum atomic E-state index is -0.810. The minimum Gasteiger partial charge on any atom is -0.489 e. The fourth-order valence-electron chi connectivity index (χ4n) is 2.08. The van der Waals surface area contributed by atoms with Gasteiger partial charge in [-0.15, -0.1) is 0 Å². The van der Waals surface area contributed by atoms with E-state index < -0.39 is 10.0 Å². The second-order valence-electron chi connectivity index (χ2n) is 6.14. The van der Waals surface area contributed by atoms with E-state index in [4.69, 9.17) is 4.74 Å². The molecule has 0 aliphatic rings. The lowest BCUT2D eigenvalue weighted by molar-refractivity contribution is 0.302. The van der Waals surface area contributed by atoms with Crippen molar-refractivity contribution >= 4 is 10.0 Å². The first-order valence-electron chi connectivity index (χ1n) is 7.57. The molecule has 0 radical (unpaired) electrons. The molecular formula is C20H23FOS. The maximum absolute atomic E-state index is 13.5. The maximum Gasteiger partial charge on any atom is 0.123 e. The molecule has 0 amide bonds. The monoisotopic (exact) mass is 330 g/mol. The van der Waals surface area contributed by atoms with Crippen molar-refractivity contribution in [3.05, 3.63) is 65.5 Å². The molecule has 0 fully saturated rings. The van der Waals surface area contributed by atoms with E-state index in [2.05, 4.69) is 29.9 Å². The molecule has 0 unspecified atom stereocenters. The molecule has 1 nitrogen and oxygen atoms in total. The summed E-state index contributed by atoms with van der Waals surface area (Å²) in [4.78, 5) is 0. The van der Waals surface area contributed by atoms with Crippen LogP contribution in [0.3, 0.4) is 0 Å². The van der Waals surface area contributed by atoms with Gasteiger partial charge in [-0.2, -0.15) is 10.0 Å². The van der Waals surface area contributed by atoms with Crippen LogP contribution in [-0.4, -0.2) is 18.8 Å². The first kappa shape index (κ1) is 17.4. The lowest BCUT2D eigenvalue weighted by atomic mass is 10.1. The van der Waals surface area contributed by atoms with Gasteiger partial charge >= 0.3 is 0 Å². The molecule has 3 heteroatoms. The molecular weight excluding hydrogens is 307 g/mol. The Bertz CT molecular complexity index is 693. The van der Waals surface area contributed by atoms with E-state index in [0.29, 0.717) is 13.0 Å². The van der Waals surface area contributed by atoms with Gasteiger partial charge in [-0.05, 0) is 54.5 Å². The van der Waals surface area contributed by atoms with Crippen molar-refractivity contribution in [2.75, 3.05) is 18.8 Å². The van der Waals surface area contributed by atoms with Crippen LogP contribution in [0.25, 0.3) is 0 Å². The van der Waals surface area contributed by atoms with Crippen LogP contribution < -0.4 is 4.74 Å². The van der Waals surface area contributed by atoms with E-state index in [0.717, 1.165) is 23.3 Å². The summed E-state index contributed by atoms with van der Waals surface area (Å²) in [6.45, 7) is 0.483. The van der Waals surface area contributed by atoms with Crippen molar-refractivity contribution in [3.63, 3.8) is 0 Å². The molecule has 0 atom stereocenters. The average molecular weight is 330 g/mol. The molecule has 122 valence electrons. The fourth-order valence-corrected chi connectivity index (χ4v) is 2.62. The third kappa shape index (κ3) is 6.38. The summed E-state index contributed by atoms with van der Waals surface area (Å²) in [7, 11) is -0.810. The van der Waals surface area contributed by atoms with Crippen molar-refractivity contribution in [3.8, 4) is 16.9 Å². The van der Waals surface area contributed by atoms with Gasteiger partial charge in [0, 0.05) is 6.42 Å². The van der Waals surface area contributed by atoms with Gasteiger partial charge in [0.1, 0.15) is 18.2 Å². The molecule has 0 aliphatic heterocycles. The van der Waals surface area contributed by atoms with E-state index in [9.17, 15) is 4.39 Å². The summed E-state index contributed by atoms with van der Waals surface area (Å²) in [5, 5.41) is 3.28. The highest BCUT2D eigenvalue weighted by atomic mass is 32.3. The Morgan fingerprint density at radius 2 is 1.78 bits per heavy atom. The van der Waals surface area contributed by atoms with Gasteiger partial charge in [-0.25, -0.2) is 4.39 Å². The number of halogens is 1. The van der Waals surface area contributed by atoms with Crippen LogP contribution >= 0.6 is 10.0 Å². The van der Waals surface area contributed by atoms with E-state index in [-0.39, 0.29) is 5.82 Å². The normalized spacial score (nSPS) is 11.5. The highest BCUT2D eigenvalue weighted by Crippen LogP contribution is 2.32. The quantitative estimate of drug-likeness (QED) is 0.702. The molecule has 23 heavy (non-hydrogen) atoms. The second kappa shape index (κ2) is 8.08. The molecule has 0 N–H and O–H groups in total. The summed E-state index contributed by atoms with van der Waals surface area (Å²) in [5.41, 5.74) is 1.97. The summed E-state index contributed by atoms with van der Waals surface area (Å²) in [5.74, 6) is 3.70. The van der Waals surface area contributed by atoms with Gasteiger partial charge in [0.2, 0.25) is 0 Å². The first-order chi connectivity index (χ1) is 10.9. The largest absolute Gasteiger partial charge is 0.489 e. The van der Waals surface area contributed by atoms with Crippen molar-refractivity contribution in [2.24, 2.45) is 0 Å². The van der Waals surface area contributed by atoms with E-state index in [1.807, 2.05) is 30.3 Å². The molecule has 2 aromatic carbocycles. The number of benzene rings is 2. The minimum absolute atomic E-state index is 0.235. The number of ether oxygens (including phenoxy) is 1. The Hall–Kier alpha value is -1.92. The Kier molecular flexibility index (Phi) is 6.12. The van der Waals surface area contributed by atoms with Crippen molar-refractivity contribution in [1.29, 1.82) is 0 Å². The zero-order valence-corrected chi connectivity index (χ0v) is 14.8. The molecule has 0 aromatic heterocycles. The Morgan fingerprint density at radius 3 is 2.48 bits per heavy atom. The van der Waals surface area contributed by atoms with Crippen LogP contribution in [0.15, 0.2) is 48.5 Å². The standard InChI is InChI=1S/C20H23FOS/c1-23(2,3)14-8-7-11-18-15-19(21)12-13-20(18)22-16-17-9-5-4-6-10-17/h4-6,9-10,12-13,15H,7,11,16H2,1-3H3. The van der Waals surface area contributed by atoms with Crippen LogP contribution in [0.2, 0.25) is 0 Å². The smallest absolute Gasteiger partial charge is 0.123 e. The predicted molar refractivity (Wildman–Crippen MR) is 98.6 cm³/mol. The van der Waals surface area contributed by atoms with Crippen LogP contribution in [0.4, 0.5) is 4.39 Å². The fraction of sp³-hybridized carbons (Fsp3) is 0.300. The van der Waals surface area contributed by atoms with Gasteiger partial charge < -0.3 is 4.74 Å². The highest BCUT2D eigenvalue weighted by molar-refractivity contribution is 8.35. The van der Waals surface area contributed by atoms with Crippen molar-refractivity contribution < 1.29 is 9.13 Å². The molecule has 0 heterocycles. The number of aryl methyl sites for hydroxylation is 1. The topological polar surface area (TPSA) is 9.23 Å². The van der Waals surface area contributed by atoms with Gasteiger partial charge in [-0.3, -0.25) is 0 Å². The number of hydrogen-bond donors (Lipinski definition) is 0. The predicted octanol–water partition coefficient (Wildman–Crippen LogP) is 4.99. The van der Waals surface area contributed by atoms with Crippen molar-refractivity contribution in [1.82, 2.24) is 0 Å². The molecule has 0 saturated carbocycles. The van der Waals surface area contributed by atoms with Gasteiger partial charge in [-0.1, -0.05) is 41.5 Å². The van der Waals surface area contributed by atoms with E-state index >= 15 is 0 Å². The summed E-state index contributed by atoms with van der Waals surface area (Å²) in [6, 6.07) is 14.7. The molecule has 2 rings (SSSR count). The lowest BCUT2D eigenvalue weighted by Crippen LogP contribution is -1.99. The van der Waals surface area contributed by atoms with Crippen LogP contribution in [0.1, 0.15) is 17.5 Å². The molecule has 2 aromatic rings. The summed E-state index contributed by atoms with van der Waals surface area (Å²) >= 11 is 0. The average Bonchev–Trinajstić information content (AvgIpc) is 2.51. The van der Waals surface area contributed by atoms with Gasteiger partial charge in [0.15, 0.2) is 0 Å². The number of rotatable bonds is 5. The SMILES string of the molecule is CS(C)(C)C#CCCc1cc(F)ccc1OCc1ccccc1. The Balaban J connectivity index is 2.03.